The molecule has 6 heteroatoms. The largest absolute Gasteiger partial charge is 0.390 e. The smallest absolute Gasteiger partial charge is 0.223 e. The van der Waals surface area contributed by atoms with Crippen LogP contribution in [-0.4, -0.2) is 43.3 Å². The summed E-state index contributed by atoms with van der Waals surface area (Å²) >= 11 is 0. The topological polar surface area (TPSA) is 45.1 Å². The normalized spacial score (nSPS) is 15.7. The van der Waals surface area contributed by atoms with Gasteiger partial charge in [-0.1, -0.05) is 43.3 Å². The van der Waals surface area contributed by atoms with Gasteiger partial charge in [-0.3, -0.25) is 4.79 Å². The minimum atomic E-state index is -0.298. The third-order valence-electron chi connectivity index (χ3n) is 5.07. The van der Waals surface area contributed by atoms with E-state index in [0.29, 0.717) is 25.9 Å². The van der Waals surface area contributed by atoms with Crippen LogP contribution in [0.25, 0.3) is 0 Å². The molecule has 0 bridgehead atoms. The van der Waals surface area contributed by atoms with Crippen LogP contribution in [0.15, 0.2) is 53.7 Å². The summed E-state index contributed by atoms with van der Waals surface area (Å²) in [4.78, 5) is 22.3. The number of rotatable bonds is 8. The number of amides is 1. The second-order valence-corrected chi connectivity index (χ2v) is 8.41. The number of carbonyl (C=O) groups excluding carboxylic acids is 1. The number of benzene rings is 2. The van der Waals surface area contributed by atoms with Crippen molar-refractivity contribution in [3.63, 3.8) is 0 Å². The number of halogens is 1. The molecule has 1 heterocycles. The molecule has 0 fully saturated rings. The Morgan fingerprint density at radius 2 is 1.93 bits per heavy atom. The van der Waals surface area contributed by atoms with Crippen LogP contribution in [0.4, 0.5) is 10.1 Å². The molecular formula is C24H30FN3O2. The van der Waals surface area contributed by atoms with Gasteiger partial charge in [0, 0.05) is 39.2 Å². The zero-order chi connectivity index (χ0) is 21.7. The summed E-state index contributed by atoms with van der Waals surface area (Å²) in [5, 5.41) is 4.26. The van der Waals surface area contributed by atoms with E-state index < -0.39 is 0 Å². The highest BCUT2D eigenvalue weighted by atomic mass is 19.1. The van der Waals surface area contributed by atoms with E-state index in [9.17, 15) is 9.18 Å². The molecule has 1 aliphatic rings. The van der Waals surface area contributed by atoms with Gasteiger partial charge >= 0.3 is 0 Å². The van der Waals surface area contributed by atoms with E-state index in [0.717, 1.165) is 22.5 Å². The fraction of sp³-hybridized carbons (Fsp3) is 0.417. The Kier molecular flexibility index (Phi) is 7.08. The average molecular weight is 412 g/mol. The van der Waals surface area contributed by atoms with Crippen LogP contribution < -0.4 is 4.90 Å². The van der Waals surface area contributed by atoms with Crippen LogP contribution in [0.5, 0.6) is 0 Å². The molecular weight excluding hydrogens is 381 g/mol. The first-order chi connectivity index (χ1) is 14.3. The second kappa shape index (κ2) is 9.74. The zero-order valence-electron chi connectivity index (χ0n) is 18.1. The van der Waals surface area contributed by atoms with Crippen molar-refractivity contribution in [1.82, 2.24) is 4.90 Å². The van der Waals surface area contributed by atoms with Crippen molar-refractivity contribution in [2.24, 2.45) is 11.1 Å². The van der Waals surface area contributed by atoms with E-state index in [1.54, 1.807) is 11.0 Å². The Morgan fingerprint density at radius 1 is 1.20 bits per heavy atom. The standard InChI is InChI=1S/C24H30FN3O2/c1-17(2)12-24(29)28(15-18-6-5-7-20(25)13-18)16-22-14-23(26-30-22)19-8-10-21(11-9-19)27(3)4/h5-11,13,17,22H,12,14-16H2,1-4H3/t22-/m0/s1. The van der Waals surface area contributed by atoms with Gasteiger partial charge in [0.1, 0.15) is 5.82 Å². The van der Waals surface area contributed by atoms with Crippen molar-refractivity contribution in [3.05, 3.63) is 65.5 Å². The lowest BCUT2D eigenvalue weighted by Crippen LogP contribution is -2.37. The molecule has 5 nitrogen and oxygen atoms in total. The van der Waals surface area contributed by atoms with Crippen LogP contribution >= 0.6 is 0 Å². The zero-order valence-corrected chi connectivity index (χ0v) is 18.1. The third-order valence-corrected chi connectivity index (χ3v) is 5.07. The molecule has 0 saturated heterocycles. The van der Waals surface area contributed by atoms with Gasteiger partial charge in [0.15, 0.2) is 6.10 Å². The Bertz CT molecular complexity index is 894. The molecule has 2 aromatic rings. The van der Waals surface area contributed by atoms with Gasteiger partial charge in [-0.25, -0.2) is 4.39 Å². The van der Waals surface area contributed by atoms with Crippen LogP contribution in [0.1, 0.15) is 37.8 Å². The number of oxime groups is 1. The lowest BCUT2D eigenvalue weighted by atomic mass is 10.0. The first kappa shape index (κ1) is 21.8. The maximum absolute atomic E-state index is 13.6. The SMILES string of the molecule is CC(C)CC(=O)N(Cc1cccc(F)c1)C[C@@H]1CC(c2ccc(N(C)C)cc2)=NO1. The van der Waals surface area contributed by atoms with Gasteiger partial charge in [-0.2, -0.15) is 0 Å². The van der Waals surface area contributed by atoms with Crippen molar-refractivity contribution < 1.29 is 14.0 Å². The Labute approximate surface area is 178 Å². The van der Waals surface area contributed by atoms with E-state index in [2.05, 4.69) is 5.16 Å². The molecule has 0 aliphatic carbocycles. The summed E-state index contributed by atoms with van der Waals surface area (Å²) in [6.45, 7) is 4.81. The van der Waals surface area contributed by atoms with Crippen molar-refractivity contribution in [1.29, 1.82) is 0 Å². The molecule has 1 aliphatic heterocycles. The molecule has 0 unspecified atom stereocenters. The first-order valence-corrected chi connectivity index (χ1v) is 10.3. The molecule has 160 valence electrons. The number of anilines is 1. The molecule has 2 aromatic carbocycles. The van der Waals surface area contributed by atoms with Gasteiger partial charge in [-0.15, -0.1) is 0 Å². The monoisotopic (exact) mass is 411 g/mol. The highest BCUT2D eigenvalue weighted by Crippen LogP contribution is 2.21. The van der Waals surface area contributed by atoms with Crippen molar-refractivity contribution >= 4 is 17.3 Å². The number of hydrogen-bond donors (Lipinski definition) is 0. The van der Waals surface area contributed by atoms with E-state index in [1.807, 2.05) is 63.2 Å². The third kappa shape index (κ3) is 5.81. The van der Waals surface area contributed by atoms with Crippen LogP contribution in [0, 0.1) is 11.7 Å². The maximum atomic E-state index is 13.6. The highest BCUT2D eigenvalue weighted by molar-refractivity contribution is 6.01. The number of carbonyl (C=O) groups is 1. The van der Waals surface area contributed by atoms with Gasteiger partial charge < -0.3 is 14.6 Å². The maximum Gasteiger partial charge on any atom is 0.223 e. The van der Waals surface area contributed by atoms with Crippen molar-refractivity contribution in [3.8, 4) is 0 Å². The first-order valence-electron chi connectivity index (χ1n) is 10.3. The van der Waals surface area contributed by atoms with Crippen LogP contribution in [0.3, 0.4) is 0 Å². The van der Waals surface area contributed by atoms with Gasteiger partial charge in [-0.05, 0) is 41.3 Å². The lowest BCUT2D eigenvalue weighted by Gasteiger charge is -2.26. The van der Waals surface area contributed by atoms with Gasteiger partial charge in [0.25, 0.3) is 0 Å². The Morgan fingerprint density at radius 3 is 2.57 bits per heavy atom. The number of nitrogens with zero attached hydrogens (tertiary/aromatic N) is 3. The molecule has 0 aromatic heterocycles. The van der Waals surface area contributed by atoms with E-state index >= 15 is 0 Å². The summed E-state index contributed by atoms with van der Waals surface area (Å²) in [7, 11) is 4.01. The predicted octanol–water partition coefficient (Wildman–Crippen LogP) is 4.46. The molecule has 1 atom stereocenters. The lowest BCUT2D eigenvalue weighted by molar-refractivity contribution is -0.134. The molecule has 0 radical (unpaired) electrons. The predicted molar refractivity (Wildman–Crippen MR) is 118 cm³/mol. The van der Waals surface area contributed by atoms with Gasteiger partial charge in [0.05, 0.1) is 12.3 Å². The van der Waals surface area contributed by atoms with E-state index in [-0.39, 0.29) is 23.7 Å². The molecule has 30 heavy (non-hydrogen) atoms. The van der Waals surface area contributed by atoms with Crippen molar-refractivity contribution in [2.75, 3.05) is 25.5 Å². The van der Waals surface area contributed by atoms with Gasteiger partial charge in [0.2, 0.25) is 5.91 Å². The summed E-state index contributed by atoms with van der Waals surface area (Å²) in [5.41, 5.74) is 3.79. The molecule has 0 saturated carbocycles. The summed E-state index contributed by atoms with van der Waals surface area (Å²) < 4.78 is 13.6. The molecule has 0 N–H and O–H groups in total. The molecule has 1 amide bonds. The van der Waals surface area contributed by atoms with Crippen molar-refractivity contribution in [2.45, 2.75) is 39.3 Å². The van der Waals surface area contributed by atoms with Crippen LogP contribution in [0.2, 0.25) is 0 Å². The minimum Gasteiger partial charge on any atom is -0.390 e. The van der Waals surface area contributed by atoms with Crippen LogP contribution in [-0.2, 0) is 16.2 Å². The number of hydrogen-bond acceptors (Lipinski definition) is 4. The highest BCUT2D eigenvalue weighted by Gasteiger charge is 2.27. The Balaban J connectivity index is 1.66. The van der Waals surface area contributed by atoms with E-state index in [4.69, 9.17) is 4.84 Å². The van der Waals surface area contributed by atoms with E-state index in [1.165, 1.54) is 12.1 Å². The summed E-state index contributed by atoms with van der Waals surface area (Å²) in [6, 6.07) is 14.6. The Hall–Kier alpha value is -2.89. The fourth-order valence-electron chi connectivity index (χ4n) is 3.48. The molecule has 3 rings (SSSR count). The summed E-state index contributed by atoms with van der Waals surface area (Å²) in [5.74, 6) is -0.00617. The quantitative estimate of drug-likeness (QED) is 0.644. The average Bonchev–Trinajstić information content (AvgIpc) is 3.15. The molecule has 0 spiro atoms. The summed E-state index contributed by atoms with van der Waals surface area (Å²) in [6.07, 6.45) is 0.871. The minimum absolute atomic E-state index is 0.0432. The fourth-order valence-corrected chi connectivity index (χ4v) is 3.48. The second-order valence-electron chi connectivity index (χ2n) is 8.41.